The standard InChI is InChI=1S/C31H26ClN5O3/c32-27-12-5-4-11-26(27)31(38)35-17-15-34(16-18-35)21-28-30(22-7-2-1-3-8-22)33-29-14-13-24(20-36(28)29)23-9-6-10-25(19-23)37(39)40/h1-14,19-20H,15-18,21H2. The van der Waals surface area contributed by atoms with Crippen molar-refractivity contribution in [2.45, 2.75) is 6.54 Å². The summed E-state index contributed by atoms with van der Waals surface area (Å²) < 4.78 is 2.08. The summed E-state index contributed by atoms with van der Waals surface area (Å²) in [7, 11) is 0. The Kier molecular flexibility index (Phi) is 7.02. The highest BCUT2D eigenvalue weighted by Crippen LogP contribution is 2.30. The number of nitro benzene ring substituents is 1. The second-order valence-corrected chi connectivity index (χ2v) is 10.2. The smallest absolute Gasteiger partial charge is 0.270 e. The van der Waals surface area contributed by atoms with Gasteiger partial charge in [0.1, 0.15) is 5.65 Å². The number of carbonyl (C=O) groups excluding carboxylic acids is 1. The molecule has 5 aromatic rings. The molecule has 3 heterocycles. The van der Waals surface area contributed by atoms with Crippen LogP contribution in [0.3, 0.4) is 0 Å². The molecule has 3 aromatic carbocycles. The number of pyridine rings is 1. The Bertz CT molecular complexity index is 1710. The van der Waals surface area contributed by atoms with Gasteiger partial charge in [-0.3, -0.25) is 19.8 Å². The van der Waals surface area contributed by atoms with E-state index in [1.165, 1.54) is 6.07 Å². The van der Waals surface area contributed by atoms with Crippen molar-refractivity contribution in [2.75, 3.05) is 26.2 Å². The van der Waals surface area contributed by atoms with Crippen molar-refractivity contribution in [1.29, 1.82) is 0 Å². The van der Waals surface area contributed by atoms with E-state index < -0.39 is 0 Å². The molecule has 2 aromatic heterocycles. The summed E-state index contributed by atoms with van der Waals surface area (Å²) in [4.78, 5) is 33.2. The van der Waals surface area contributed by atoms with E-state index in [-0.39, 0.29) is 16.5 Å². The summed E-state index contributed by atoms with van der Waals surface area (Å²) in [6, 6.07) is 27.8. The topological polar surface area (TPSA) is 84.0 Å². The van der Waals surface area contributed by atoms with Crippen LogP contribution in [0.1, 0.15) is 16.1 Å². The number of nitrogens with zero attached hydrogens (tertiary/aromatic N) is 5. The van der Waals surface area contributed by atoms with Gasteiger partial charge in [-0.05, 0) is 35.4 Å². The highest BCUT2D eigenvalue weighted by Gasteiger charge is 2.25. The number of piperazine rings is 1. The van der Waals surface area contributed by atoms with Gasteiger partial charge in [0, 0.05) is 56.6 Å². The van der Waals surface area contributed by atoms with E-state index in [0.29, 0.717) is 43.3 Å². The predicted molar refractivity (Wildman–Crippen MR) is 155 cm³/mol. The predicted octanol–water partition coefficient (Wildman–Crippen LogP) is 6.19. The molecule has 6 rings (SSSR count). The molecule has 1 aliphatic rings. The van der Waals surface area contributed by atoms with Crippen LogP contribution in [0.5, 0.6) is 0 Å². The molecule has 0 bridgehead atoms. The average molecular weight is 552 g/mol. The lowest BCUT2D eigenvalue weighted by atomic mass is 10.1. The average Bonchev–Trinajstić information content (AvgIpc) is 3.35. The van der Waals surface area contributed by atoms with Crippen LogP contribution in [0.15, 0.2) is 97.2 Å². The van der Waals surface area contributed by atoms with Crippen LogP contribution in [0.4, 0.5) is 5.69 Å². The number of nitro groups is 1. The minimum absolute atomic E-state index is 0.0494. The number of imidazole rings is 1. The number of rotatable bonds is 6. The molecule has 9 heteroatoms. The first-order valence-corrected chi connectivity index (χ1v) is 13.4. The Balaban J connectivity index is 1.31. The summed E-state index contributed by atoms with van der Waals surface area (Å²) in [5, 5.41) is 11.8. The number of halogens is 1. The Labute approximate surface area is 236 Å². The van der Waals surface area contributed by atoms with E-state index in [1.54, 1.807) is 24.3 Å². The van der Waals surface area contributed by atoms with Crippen molar-refractivity contribution in [3.8, 4) is 22.4 Å². The zero-order chi connectivity index (χ0) is 27.6. The van der Waals surface area contributed by atoms with Gasteiger partial charge in [-0.15, -0.1) is 0 Å². The Morgan fingerprint density at radius 3 is 2.33 bits per heavy atom. The lowest BCUT2D eigenvalue weighted by molar-refractivity contribution is -0.384. The minimum atomic E-state index is -0.381. The lowest BCUT2D eigenvalue weighted by Gasteiger charge is -2.35. The summed E-state index contributed by atoms with van der Waals surface area (Å²) in [6.45, 7) is 3.25. The zero-order valence-electron chi connectivity index (χ0n) is 21.6. The van der Waals surface area contributed by atoms with Crippen LogP contribution < -0.4 is 0 Å². The molecular formula is C31H26ClN5O3. The third kappa shape index (κ3) is 5.06. The minimum Gasteiger partial charge on any atom is -0.336 e. The first-order valence-electron chi connectivity index (χ1n) is 13.1. The molecule has 0 atom stereocenters. The monoisotopic (exact) mass is 551 g/mol. The van der Waals surface area contributed by atoms with Gasteiger partial charge in [0.05, 0.1) is 26.9 Å². The van der Waals surface area contributed by atoms with Crippen molar-refractivity contribution in [3.05, 3.63) is 124 Å². The maximum absolute atomic E-state index is 13.1. The van der Waals surface area contributed by atoms with Gasteiger partial charge in [0.15, 0.2) is 0 Å². The van der Waals surface area contributed by atoms with Crippen molar-refractivity contribution in [1.82, 2.24) is 19.2 Å². The van der Waals surface area contributed by atoms with E-state index in [9.17, 15) is 14.9 Å². The molecule has 200 valence electrons. The molecule has 0 spiro atoms. The van der Waals surface area contributed by atoms with Crippen molar-refractivity contribution < 1.29 is 9.72 Å². The summed E-state index contributed by atoms with van der Waals surface area (Å²) in [6.07, 6.45) is 2.00. The van der Waals surface area contributed by atoms with Crippen LogP contribution in [0.2, 0.25) is 5.02 Å². The number of carbonyl (C=O) groups is 1. The molecule has 1 saturated heterocycles. The Hall–Kier alpha value is -4.53. The number of hydrogen-bond donors (Lipinski definition) is 0. The molecule has 1 amide bonds. The second-order valence-electron chi connectivity index (χ2n) is 9.77. The van der Waals surface area contributed by atoms with Gasteiger partial charge in [0.2, 0.25) is 0 Å². The first kappa shape index (κ1) is 25.7. The number of non-ortho nitro benzene ring substituents is 1. The number of aromatic nitrogens is 2. The summed E-state index contributed by atoms with van der Waals surface area (Å²) >= 11 is 6.27. The van der Waals surface area contributed by atoms with Gasteiger partial charge < -0.3 is 9.30 Å². The van der Waals surface area contributed by atoms with Crippen LogP contribution in [-0.2, 0) is 6.54 Å². The second kappa shape index (κ2) is 10.9. The summed E-state index contributed by atoms with van der Waals surface area (Å²) in [5.41, 5.74) is 5.96. The maximum Gasteiger partial charge on any atom is 0.270 e. The molecule has 0 aliphatic carbocycles. The molecule has 1 aliphatic heterocycles. The number of amides is 1. The normalized spacial score (nSPS) is 14.0. The van der Waals surface area contributed by atoms with Gasteiger partial charge in [-0.1, -0.05) is 66.2 Å². The number of fused-ring (bicyclic) bond motifs is 1. The van der Waals surface area contributed by atoms with Crippen LogP contribution in [-0.4, -0.2) is 56.2 Å². The van der Waals surface area contributed by atoms with E-state index in [4.69, 9.17) is 16.6 Å². The maximum atomic E-state index is 13.1. The molecule has 0 unspecified atom stereocenters. The van der Waals surface area contributed by atoms with Gasteiger partial charge in [0.25, 0.3) is 11.6 Å². The highest BCUT2D eigenvalue weighted by atomic mass is 35.5. The van der Waals surface area contributed by atoms with E-state index in [0.717, 1.165) is 33.7 Å². The fraction of sp³-hybridized carbons (Fsp3) is 0.161. The molecule has 8 nitrogen and oxygen atoms in total. The van der Waals surface area contributed by atoms with E-state index in [2.05, 4.69) is 9.30 Å². The van der Waals surface area contributed by atoms with E-state index in [1.807, 2.05) is 71.8 Å². The van der Waals surface area contributed by atoms with Crippen LogP contribution >= 0.6 is 11.6 Å². The van der Waals surface area contributed by atoms with Crippen molar-refractivity contribution in [2.24, 2.45) is 0 Å². The van der Waals surface area contributed by atoms with Crippen LogP contribution in [0, 0.1) is 10.1 Å². The van der Waals surface area contributed by atoms with Gasteiger partial charge in [-0.2, -0.15) is 0 Å². The van der Waals surface area contributed by atoms with E-state index >= 15 is 0 Å². The Morgan fingerprint density at radius 2 is 1.57 bits per heavy atom. The highest BCUT2D eigenvalue weighted by molar-refractivity contribution is 6.33. The molecule has 0 N–H and O–H groups in total. The van der Waals surface area contributed by atoms with Crippen molar-refractivity contribution in [3.63, 3.8) is 0 Å². The molecular weight excluding hydrogens is 526 g/mol. The quantitative estimate of drug-likeness (QED) is 0.186. The third-order valence-corrected chi connectivity index (χ3v) is 7.62. The number of hydrogen-bond acceptors (Lipinski definition) is 5. The fourth-order valence-electron chi connectivity index (χ4n) is 5.17. The third-order valence-electron chi connectivity index (χ3n) is 7.29. The molecule has 1 fully saturated rings. The van der Waals surface area contributed by atoms with Crippen LogP contribution in [0.25, 0.3) is 28.0 Å². The zero-order valence-corrected chi connectivity index (χ0v) is 22.4. The van der Waals surface area contributed by atoms with Crippen molar-refractivity contribution >= 4 is 28.8 Å². The van der Waals surface area contributed by atoms with Gasteiger partial charge in [-0.25, -0.2) is 4.98 Å². The Morgan fingerprint density at radius 1 is 0.850 bits per heavy atom. The van der Waals surface area contributed by atoms with Gasteiger partial charge >= 0.3 is 0 Å². The molecule has 0 radical (unpaired) electrons. The first-order chi connectivity index (χ1) is 19.5. The molecule has 0 saturated carbocycles. The summed E-state index contributed by atoms with van der Waals surface area (Å²) in [5.74, 6) is -0.0494. The SMILES string of the molecule is O=C(c1ccccc1Cl)N1CCN(Cc2c(-c3ccccc3)nc3ccc(-c4cccc([N+](=O)[O-])c4)cn23)CC1. The fourth-order valence-corrected chi connectivity index (χ4v) is 5.38. The number of benzene rings is 3. The largest absolute Gasteiger partial charge is 0.336 e. The lowest BCUT2D eigenvalue weighted by Crippen LogP contribution is -2.48. The molecule has 40 heavy (non-hydrogen) atoms.